The molecule has 2 aromatic carbocycles. The molecule has 0 aliphatic heterocycles. The molecule has 1 atom stereocenters. The largest absolute Gasteiger partial charge is 0.327 e. The Labute approximate surface area is 130 Å². The van der Waals surface area contributed by atoms with Crippen molar-refractivity contribution in [2.24, 2.45) is 5.73 Å². The zero-order valence-electron chi connectivity index (χ0n) is 12.6. The third-order valence-corrected chi connectivity index (χ3v) is 4.74. The molecule has 0 fully saturated rings. The van der Waals surface area contributed by atoms with E-state index in [4.69, 9.17) is 5.73 Å². The van der Waals surface area contributed by atoms with Crippen LogP contribution in [0.25, 0.3) is 0 Å². The Morgan fingerprint density at radius 2 is 1.95 bits per heavy atom. The summed E-state index contributed by atoms with van der Waals surface area (Å²) in [5.74, 6) is 0.630. The maximum atomic E-state index is 14.1. The van der Waals surface area contributed by atoms with Crippen molar-refractivity contribution in [3.05, 3.63) is 65.0 Å². The maximum absolute atomic E-state index is 14.1. The van der Waals surface area contributed by atoms with Crippen molar-refractivity contribution in [2.45, 2.75) is 43.4 Å². The van der Waals surface area contributed by atoms with Crippen LogP contribution in [0.4, 0.5) is 4.39 Å². The summed E-state index contributed by atoms with van der Waals surface area (Å²) in [6, 6.07) is 13.7. The van der Waals surface area contributed by atoms with Crippen molar-refractivity contribution in [1.29, 1.82) is 0 Å². The normalized spacial score (nSPS) is 12.4. The summed E-state index contributed by atoms with van der Waals surface area (Å²) in [6.07, 6.45) is 1.63. The highest BCUT2D eigenvalue weighted by Crippen LogP contribution is 2.30. The van der Waals surface area contributed by atoms with Gasteiger partial charge in [-0.25, -0.2) is 4.39 Å². The van der Waals surface area contributed by atoms with E-state index in [0.717, 1.165) is 29.1 Å². The third-order valence-electron chi connectivity index (χ3n) is 3.52. The SMILES string of the molecule is CCC(N)Cc1cccc(F)c1SCc1cccc(C)c1. The van der Waals surface area contributed by atoms with Crippen LogP contribution in [0.3, 0.4) is 0 Å². The van der Waals surface area contributed by atoms with Crippen LogP contribution in [0.15, 0.2) is 47.4 Å². The van der Waals surface area contributed by atoms with E-state index in [9.17, 15) is 4.39 Å². The van der Waals surface area contributed by atoms with E-state index in [2.05, 4.69) is 32.0 Å². The van der Waals surface area contributed by atoms with E-state index in [1.165, 1.54) is 17.2 Å². The molecule has 0 aliphatic carbocycles. The van der Waals surface area contributed by atoms with Crippen LogP contribution < -0.4 is 5.73 Å². The van der Waals surface area contributed by atoms with Gasteiger partial charge in [0.2, 0.25) is 0 Å². The van der Waals surface area contributed by atoms with Gasteiger partial charge >= 0.3 is 0 Å². The van der Waals surface area contributed by atoms with Gasteiger partial charge < -0.3 is 5.73 Å². The van der Waals surface area contributed by atoms with Gasteiger partial charge in [-0.2, -0.15) is 0 Å². The van der Waals surface area contributed by atoms with Gasteiger partial charge in [-0.15, -0.1) is 11.8 Å². The van der Waals surface area contributed by atoms with Gasteiger partial charge in [-0.1, -0.05) is 48.9 Å². The van der Waals surface area contributed by atoms with E-state index in [1.807, 2.05) is 12.1 Å². The minimum absolute atomic E-state index is 0.0881. The van der Waals surface area contributed by atoms with E-state index in [0.29, 0.717) is 0 Å². The molecule has 0 heterocycles. The lowest BCUT2D eigenvalue weighted by molar-refractivity contribution is 0.585. The van der Waals surface area contributed by atoms with Gasteiger partial charge in [-0.05, 0) is 37.0 Å². The number of thioether (sulfide) groups is 1. The molecule has 0 amide bonds. The third kappa shape index (κ3) is 4.58. The molecule has 0 aliphatic rings. The number of hydrogen-bond donors (Lipinski definition) is 1. The summed E-state index contributed by atoms with van der Waals surface area (Å²) in [7, 11) is 0. The zero-order chi connectivity index (χ0) is 15.2. The quantitative estimate of drug-likeness (QED) is 0.782. The van der Waals surface area contributed by atoms with Crippen molar-refractivity contribution in [2.75, 3.05) is 0 Å². The minimum atomic E-state index is -0.145. The standard InChI is InChI=1S/C18H22FNS/c1-3-16(20)11-15-8-5-9-17(19)18(15)21-12-14-7-4-6-13(2)10-14/h4-10,16H,3,11-12,20H2,1-2H3. The first-order valence-corrected chi connectivity index (χ1v) is 8.30. The smallest absolute Gasteiger partial charge is 0.137 e. The van der Waals surface area contributed by atoms with Gasteiger partial charge in [-0.3, -0.25) is 0 Å². The predicted octanol–water partition coefficient (Wildman–Crippen LogP) is 4.71. The van der Waals surface area contributed by atoms with Crippen molar-refractivity contribution in [3.8, 4) is 0 Å². The van der Waals surface area contributed by atoms with Crippen LogP contribution in [0.5, 0.6) is 0 Å². The fourth-order valence-corrected chi connectivity index (χ4v) is 3.29. The van der Waals surface area contributed by atoms with E-state index in [1.54, 1.807) is 17.8 Å². The van der Waals surface area contributed by atoms with E-state index < -0.39 is 0 Å². The van der Waals surface area contributed by atoms with Gasteiger partial charge in [0.1, 0.15) is 5.82 Å². The molecule has 112 valence electrons. The fraction of sp³-hybridized carbons (Fsp3) is 0.333. The molecule has 2 rings (SSSR count). The highest BCUT2D eigenvalue weighted by atomic mass is 32.2. The molecular weight excluding hydrogens is 281 g/mol. The summed E-state index contributed by atoms with van der Waals surface area (Å²) in [5, 5.41) is 0. The molecule has 0 saturated carbocycles. The molecule has 0 aromatic heterocycles. The molecule has 2 N–H and O–H groups in total. The van der Waals surface area contributed by atoms with Crippen LogP contribution in [0, 0.1) is 12.7 Å². The Morgan fingerprint density at radius 1 is 1.19 bits per heavy atom. The van der Waals surface area contributed by atoms with Crippen LogP contribution in [0.1, 0.15) is 30.0 Å². The van der Waals surface area contributed by atoms with E-state index in [-0.39, 0.29) is 11.9 Å². The molecular formula is C18H22FNS. The van der Waals surface area contributed by atoms with Gasteiger partial charge in [0.15, 0.2) is 0 Å². The van der Waals surface area contributed by atoms with Crippen molar-refractivity contribution < 1.29 is 4.39 Å². The summed E-state index contributed by atoms with van der Waals surface area (Å²) in [6.45, 7) is 4.13. The molecule has 0 bridgehead atoms. The fourth-order valence-electron chi connectivity index (χ4n) is 2.26. The minimum Gasteiger partial charge on any atom is -0.327 e. The second-order valence-corrected chi connectivity index (χ2v) is 6.36. The monoisotopic (exact) mass is 303 g/mol. The number of rotatable bonds is 6. The Kier molecular flexibility index (Phi) is 5.83. The number of aryl methyl sites for hydroxylation is 1. The average Bonchev–Trinajstić information content (AvgIpc) is 2.46. The molecule has 0 radical (unpaired) electrons. The maximum Gasteiger partial charge on any atom is 0.137 e. The Morgan fingerprint density at radius 3 is 2.67 bits per heavy atom. The number of benzene rings is 2. The average molecular weight is 303 g/mol. The highest BCUT2D eigenvalue weighted by molar-refractivity contribution is 7.98. The summed E-state index contributed by atoms with van der Waals surface area (Å²) < 4.78 is 14.1. The van der Waals surface area contributed by atoms with Crippen LogP contribution in [-0.4, -0.2) is 6.04 Å². The first kappa shape index (κ1) is 16.1. The van der Waals surface area contributed by atoms with Gasteiger partial charge in [0, 0.05) is 16.7 Å². The highest BCUT2D eigenvalue weighted by Gasteiger charge is 2.12. The van der Waals surface area contributed by atoms with Gasteiger partial charge in [0.25, 0.3) is 0 Å². The van der Waals surface area contributed by atoms with Crippen LogP contribution in [-0.2, 0) is 12.2 Å². The molecule has 0 spiro atoms. The van der Waals surface area contributed by atoms with Gasteiger partial charge in [0.05, 0.1) is 0 Å². The zero-order valence-corrected chi connectivity index (χ0v) is 13.4. The Bertz CT molecular complexity index is 598. The van der Waals surface area contributed by atoms with Crippen molar-refractivity contribution in [1.82, 2.24) is 0 Å². The summed E-state index contributed by atoms with van der Waals surface area (Å²) >= 11 is 1.56. The van der Waals surface area contributed by atoms with Crippen LogP contribution in [0.2, 0.25) is 0 Å². The lowest BCUT2D eigenvalue weighted by atomic mass is 10.0. The Balaban J connectivity index is 2.15. The second-order valence-electron chi connectivity index (χ2n) is 5.38. The lowest BCUT2D eigenvalue weighted by Gasteiger charge is -2.14. The van der Waals surface area contributed by atoms with E-state index >= 15 is 0 Å². The Hall–Kier alpha value is -1.32. The molecule has 21 heavy (non-hydrogen) atoms. The molecule has 0 saturated heterocycles. The van der Waals surface area contributed by atoms with Crippen molar-refractivity contribution in [3.63, 3.8) is 0 Å². The molecule has 1 nitrogen and oxygen atoms in total. The number of nitrogens with two attached hydrogens (primary N) is 1. The molecule has 3 heteroatoms. The summed E-state index contributed by atoms with van der Waals surface area (Å²) in [4.78, 5) is 0.739. The van der Waals surface area contributed by atoms with Crippen molar-refractivity contribution >= 4 is 11.8 Å². The predicted molar refractivity (Wildman–Crippen MR) is 89.1 cm³/mol. The lowest BCUT2D eigenvalue weighted by Crippen LogP contribution is -2.21. The second kappa shape index (κ2) is 7.62. The number of hydrogen-bond acceptors (Lipinski definition) is 2. The topological polar surface area (TPSA) is 26.0 Å². The first-order valence-electron chi connectivity index (χ1n) is 7.31. The number of halogens is 1. The molecule has 1 unspecified atom stereocenters. The first-order chi connectivity index (χ1) is 10.1. The molecule has 2 aromatic rings. The summed E-state index contributed by atoms with van der Waals surface area (Å²) in [5.41, 5.74) is 9.48. The van der Waals surface area contributed by atoms with Crippen LogP contribution >= 0.6 is 11.8 Å².